The standard InChI is InChI=1S/C23H19F3N4O3S/c1-12(15-5-3-4-6-18(15)33-23(24,25)26)29-20(31)16-9-14(11-28-21(16)32-2)13-7-8-17-19(10-13)34-22(27)30-17/h3-12H,1-2H3,(H2,27,30)(H,29,31)/t12-/m0/s1. The average Bonchev–Trinajstić information content (AvgIpc) is 3.17. The van der Waals surface area contributed by atoms with Crippen LogP contribution >= 0.6 is 11.3 Å². The Balaban J connectivity index is 1.63. The zero-order valence-corrected chi connectivity index (χ0v) is 18.8. The van der Waals surface area contributed by atoms with Crippen molar-refractivity contribution in [2.24, 2.45) is 0 Å². The quantitative estimate of drug-likeness (QED) is 0.380. The summed E-state index contributed by atoms with van der Waals surface area (Å²) in [4.78, 5) is 21.5. The topological polar surface area (TPSA) is 99.4 Å². The zero-order chi connectivity index (χ0) is 24.5. The number of nitrogens with zero attached hydrogens (tertiary/aromatic N) is 2. The van der Waals surface area contributed by atoms with Crippen LogP contribution in [-0.4, -0.2) is 29.3 Å². The number of nitrogens with two attached hydrogens (primary N) is 1. The molecule has 0 unspecified atom stereocenters. The Bertz CT molecular complexity index is 1360. The normalized spacial score (nSPS) is 12.4. The van der Waals surface area contributed by atoms with Crippen molar-refractivity contribution in [1.29, 1.82) is 0 Å². The molecule has 0 aliphatic carbocycles. The van der Waals surface area contributed by atoms with Gasteiger partial charge < -0.3 is 20.5 Å². The van der Waals surface area contributed by atoms with E-state index >= 15 is 0 Å². The maximum atomic E-state index is 13.1. The van der Waals surface area contributed by atoms with Crippen LogP contribution in [-0.2, 0) is 0 Å². The Morgan fingerprint density at radius 2 is 1.91 bits per heavy atom. The van der Waals surface area contributed by atoms with Gasteiger partial charge in [-0.25, -0.2) is 9.97 Å². The summed E-state index contributed by atoms with van der Waals surface area (Å²) in [5, 5.41) is 3.14. The number of rotatable bonds is 6. The molecule has 0 saturated carbocycles. The number of benzene rings is 2. The third-order valence-electron chi connectivity index (χ3n) is 4.99. The lowest BCUT2D eigenvalue weighted by molar-refractivity contribution is -0.275. The third-order valence-corrected chi connectivity index (χ3v) is 5.83. The van der Waals surface area contributed by atoms with Gasteiger partial charge in [0.2, 0.25) is 5.88 Å². The van der Waals surface area contributed by atoms with E-state index in [1.165, 1.54) is 36.6 Å². The fourth-order valence-electron chi connectivity index (χ4n) is 3.47. The molecule has 176 valence electrons. The summed E-state index contributed by atoms with van der Waals surface area (Å²) in [6, 6.07) is 12.0. The van der Waals surface area contributed by atoms with Crippen molar-refractivity contribution in [2.45, 2.75) is 19.3 Å². The first-order valence-electron chi connectivity index (χ1n) is 10.0. The number of nitrogens with one attached hydrogen (secondary N) is 1. The first kappa shape index (κ1) is 23.3. The van der Waals surface area contributed by atoms with E-state index in [9.17, 15) is 18.0 Å². The van der Waals surface area contributed by atoms with Crippen molar-refractivity contribution >= 4 is 32.6 Å². The van der Waals surface area contributed by atoms with Crippen molar-refractivity contribution in [3.8, 4) is 22.8 Å². The van der Waals surface area contributed by atoms with Crippen molar-refractivity contribution in [3.63, 3.8) is 0 Å². The molecule has 2 aromatic heterocycles. The molecule has 0 saturated heterocycles. The van der Waals surface area contributed by atoms with E-state index in [-0.39, 0.29) is 17.0 Å². The molecule has 0 aliphatic rings. The number of pyridine rings is 1. The molecule has 0 aliphatic heterocycles. The van der Waals surface area contributed by atoms with Crippen LogP contribution in [0.15, 0.2) is 54.7 Å². The number of halogens is 3. The van der Waals surface area contributed by atoms with Crippen LogP contribution in [0, 0.1) is 0 Å². The summed E-state index contributed by atoms with van der Waals surface area (Å²) < 4.78 is 48.5. The van der Waals surface area contributed by atoms with Crippen LogP contribution in [0.5, 0.6) is 11.6 Å². The van der Waals surface area contributed by atoms with Crippen LogP contribution in [0.4, 0.5) is 18.3 Å². The second-order valence-electron chi connectivity index (χ2n) is 7.30. The highest BCUT2D eigenvalue weighted by Gasteiger charge is 2.32. The van der Waals surface area contributed by atoms with Gasteiger partial charge >= 0.3 is 6.36 Å². The van der Waals surface area contributed by atoms with E-state index in [0.717, 1.165) is 15.8 Å². The molecule has 4 rings (SSSR count). The number of fused-ring (bicyclic) bond motifs is 1. The molecule has 7 nitrogen and oxygen atoms in total. The van der Waals surface area contributed by atoms with E-state index in [2.05, 4.69) is 20.0 Å². The van der Waals surface area contributed by atoms with Crippen LogP contribution < -0.4 is 20.5 Å². The van der Waals surface area contributed by atoms with Gasteiger partial charge in [-0.3, -0.25) is 4.79 Å². The smallest absolute Gasteiger partial charge is 0.480 e. The lowest BCUT2D eigenvalue weighted by atomic mass is 10.0. The summed E-state index contributed by atoms with van der Waals surface area (Å²) in [5.41, 5.74) is 8.27. The summed E-state index contributed by atoms with van der Waals surface area (Å²) in [5.74, 6) is -0.876. The summed E-state index contributed by atoms with van der Waals surface area (Å²) in [7, 11) is 1.38. The molecule has 3 N–H and O–H groups in total. The van der Waals surface area contributed by atoms with Crippen molar-refractivity contribution in [2.75, 3.05) is 12.8 Å². The third kappa shape index (κ3) is 5.04. The monoisotopic (exact) mass is 488 g/mol. The second-order valence-corrected chi connectivity index (χ2v) is 8.36. The highest BCUT2D eigenvalue weighted by Crippen LogP contribution is 2.32. The van der Waals surface area contributed by atoms with Crippen LogP contribution in [0.3, 0.4) is 0 Å². The van der Waals surface area contributed by atoms with E-state index in [1.807, 2.05) is 18.2 Å². The molecule has 1 atom stereocenters. The predicted molar refractivity (Wildman–Crippen MR) is 123 cm³/mol. The Labute approximate surface area is 196 Å². The molecule has 0 radical (unpaired) electrons. The molecule has 34 heavy (non-hydrogen) atoms. The number of ether oxygens (including phenoxy) is 2. The summed E-state index contributed by atoms with van der Waals surface area (Å²) in [6.45, 7) is 1.56. The Hall–Kier alpha value is -3.86. The van der Waals surface area contributed by atoms with Gasteiger partial charge in [-0.15, -0.1) is 13.2 Å². The minimum atomic E-state index is -4.86. The maximum Gasteiger partial charge on any atom is 0.573 e. The minimum Gasteiger partial charge on any atom is -0.480 e. The Kier molecular flexibility index (Phi) is 6.29. The van der Waals surface area contributed by atoms with Gasteiger partial charge in [0, 0.05) is 17.3 Å². The zero-order valence-electron chi connectivity index (χ0n) is 18.0. The lowest BCUT2D eigenvalue weighted by Crippen LogP contribution is -2.28. The van der Waals surface area contributed by atoms with Crippen molar-refractivity contribution in [3.05, 3.63) is 65.9 Å². The molecule has 4 aromatic rings. The van der Waals surface area contributed by atoms with Gasteiger partial charge in [-0.2, -0.15) is 0 Å². The Morgan fingerprint density at radius 3 is 2.65 bits per heavy atom. The fourth-order valence-corrected chi connectivity index (χ4v) is 4.24. The fraction of sp³-hybridized carbons (Fsp3) is 0.174. The van der Waals surface area contributed by atoms with Crippen molar-refractivity contribution < 1.29 is 27.4 Å². The Morgan fingerprint density at radius 1 is 1.15 bits per heavy atom. The van der Waals surface area contributed by atoms with Gasteiger partial charge in [0.1, 0.15) is 11.3 Å². The molecule has 2 aromatic carbocycles. The van der Waals surface area contributed by atoms with E-state index in [1.54, 1.807) is 25.3 Å². The number of hydrogen-bond donors (Lipinski definition) is 2. The number of hydrogen-bond acceptors (Lipinski definition) is 7. The number of aromatic nitrogens is 2. The van der Waals surface area contributed by atoms with Gasteiger partial charge in [0.15, 0.2) is 5.13 Å². The predicted octanol–water partition coefficient (Wildman–Crippen LogP) is 5.34. The number of alkyl halides is 3. The highest BCUT2D eigenvalue weighted by atomic mass is 32.1. The first-order chi connectivity index (χ1) is 16.1. The van der Waals surface area contributed by atoms with E-state index < -0.39 is 24.1 Å². The summed E-state index contributed by atoms with van der Waals surface area (Å²) in [6.07, 6.45) is -3.29. The molecule has 0 spiro atoms. The average molecular weight is 488 g/mol. The molecule has 11 heteroatoms. The number of anilines is 1. The van der Waals surface area contributed by atoms with E-state index in [4.69, 9.17) is 10.5 Å². The number of methoxy groups -OCH3 is 1. The molecular weight excluding hydrogens is 469 g/mol. The lowest BCUT2D eigenvalue weighted by Gasteiger charge is -2.19. The second kappa shape index (κ2) is 9.18. The number of para-hydroxylation sites is 1. The van der Waals surface area contributed by atoms with Gasteiger partial charge in [0.25, 0.3) is 5.91 Å². The van der Waals surface area contributed by atoms with E-state index in [0.29, 0.717) is 10.7 Å². The maximum absolute atomic E-state index is 13.1. The molecule has 0 bridgehead atoms. The van der Waals surface area contributed by atoms with Crippen LogP contribution in [0.1, 0.15) is 28.9 Å². The van der Waals surface area contributed by atoms with Crippen molar-refractivity contribution in [1.82, 2.24) is 15.3 Å². The minimum absolute atomic E-state index is 0.0800. The SMILES string of the molecule is COc1ncc(-c2ccc3nc(N)sc3c2)cc1C(=O)N[C@@H](C)c1ccccc1OC(F)(F)F. The van der Waals surface area contributed by atoms with Crippen LogP contribution in [0.25, 0.3) is 21.3 Å². The molecule has 2 heterocycles. The number of nitrogen functional groups attached to an aromatic ring is 1. The number of carbonyl (C=O) groups is 1. The number of thiazole rings is 1. The first-order valence-corrected chi connectivity index (χ1v) is 10.8. The number of amides is 1. The largest absolute Gasteiger partial charge is 0.573 e. The van der Waals surface area contributed by atoms with Gasteiger partial charge in [0.05, 0.1) is 23.4 Å². The van der Waals surface area contributed by atoms with Gasteiger partial charge in [-0.05, 0) is 36.8 Å². The van der Waals surface area contributed by atoms with Crippen LogP contribution in [0.2, 0.25) is 0 Å². The number of carbonyl (C=O) groups excluding carboxylic acids is 1. The van der Waals surface area contributed by atoms with Gasteiger partial charge in [-0.1, -0.05) is 35.6 Å². The molecular formula is C23H19F3N4O3S. The summed E-state index contributed by atoms with van der Waals surface area (Å²) >= 11 is 1.34. The highest BCUT2D eigenvalue weighted by molar-refractivity contribution is 7.22. The molecule has 1 amide bonds. The molecule has 0 fully saturated rings.